The summed E-state index contributed by atoms with van der Waals surface area (Å²) >= 11 is 0. The van der Waals surface area contributed by atoms with Crippen LogP contribution in [0.25, 0.3) is 10.8 Å². The Kier molecular flexibility index (Phi) is 22.8. The molecule has 6 amide bonds. The van der Waals surface area contributed by atoms with Gasteiger partial charge >= 0.3 is 11.9 Å². The summed E-state index contributed by atoms with van der Waals surface area (Å²) in [5, 5.41) is 7.37. The van der Waals surface area contributed by atoms with E-state index in [4.69, 9.17) is 23.7 Å². The SMILES string of the molecule is COc1cc(CC[C@H]2OC(=O)[C@@H]3CCCCN3C(=O)C(=O)C(C)(C)COC(=O)C=CCCN(C)C(=O)CNC(=O)[C@H](COC(C)(C)C)N(C)C(=O)[C@H](Cc3ccc4ccccc4c3)NC(=O)[C@H](C)N(C)C(=O)COc3cccc2c3)ccc1C. The van der Waals surface area contributed by atoms with Gasteiger partial charge in [0.1, 0.15) is 48.4 Å². The van der Waals surface area contributed by atoms with Crippen LogP contribution in [0.4, 0.5) is 0 Å². The van der Waals surface area contributed by atoms with Crippen molar-refractivity contribution in [1.82, 2.24) is 30.2 Å². The molecule has 452 valence electrons. The van der Waals surface area contributed by atoms with Gasteiger partial charge in [-0.05, 0) is 138 Å². The standard InChI is InChI=1S/C64H82N6O14/c1-41-25-26-43(35-53(41)80-11)28-30-52-47-21-18-22-48(36-47)81-39-55(72)68(9)42(2)58(75)66-49(34-44-27-29-45-19-12-13-20-46(45)33-44)60(77)69(10)51(38-83-63(3,4)5)59(76)65-37-54(71)67(8)31-16-15-24-56(73)82-40-64(6,7)57(74)61(78)70-32-17-14-23-50(70)62(79)84-52/h12-13,15,18-22,24-27,29,33,35-36,42,49-52H,14,16-17,23,28,30-32,34,37-40H2,1-11H3,(H,65,76)(H,66,75)/t42-,49-,50-,51-,52+/m0/s1. The highest BCUT2D eigenvalue weighted by Gasteiger charge is 2.43. The maximum absolute atomic E-state index is 14.8. The molecule has 2 heterocycles. The molecule has 84 heavy (non-hydrogen) atoms. The Morgan fingerprint density at radius 3 is 2.23 bits per heavy atom. The van der Waals surface area contributed by atoms with Gasteiger partial charge in [-0.3, -0.25) is 33.6 Å². The number of nitrogens with one attached hydrogen (secondary N) is 2. The average molecular weight is 1160 g/mol. The van der Waals surface area contributed by atoms with E-state index in [0.29, 0.717) is 36.1 Å². The Labute approximate surface area is 492 Å². The number of ether oxygens (including phenoxy) is 5. The molecule has 1 saturated heterocycles. The minimum Gasteiger partial charge on any atom is -0.496 e. The van der Waals surface area contributed by atoms with E-state index in [9.17, 15) is 43.2 Å². The Bertz CT molecular complexity index is 3080. The van der Waals surface area contributed by atoms with Gasteiger partial charge in [-0.2, -0.15) is 0 Å². The Balaban J connectivity index is 1.31. The molecule has 0 aromatic heterocycles. The molecule has 2 bridgehead atoms. The predicted molar refractivity (Wildman–Crippen MR) is 314 cm³/mol. The van der Waals surface area contributed by atoms with Crippen LogP contribution in [0.3, 0.4) is 0 Å². The van der Waals surface area contributed by atoms with Crippen LogP contribution < -0.4 is 20.1 Å². The number of Topliss-reactive ketones (excluding diaryl/α,β-unsaturated/α-hetero) is 1. The normalized spacial score (nSPS) is 22.1. The minimum absolute atomic E-state index is 0.00227. The molecule has 5 atom stereocenters. The molecule has 0 unspecified atom stereocenters. The van der Waals surface area contributed by atoms with E-state index in [1.54, 1.807) is 52.1 Å². The van der Waals surface area contributed by atoms with Gasteiger partial charge in [0.05, 0.1) is 31.3 Å². The fourth-order valence-corrected chi connectivity index (χ4v) is 9.65. The van der Waals surface area contributed by atoms with Crippen LogP contribution in [0, 0.1) is 12.3 Å². The number of cyclic esters (lactones) is 2. The third-order valence-corrected chi connectivity index (χ3v) is 15.2. The van der Waals surface area contributed by atoms with E-state index in [1.165, 1.54) is 67.6 Å². The molecule has 6 rings (SSSR count). The Morgan fingerprint density at radius 2 is 1.50 bits per heavy atom. The third-order valence-electron chi connectivity index (χ3n) is 15.2. The highest BCUT2D eigenvalue weighted by atomic mass is 16.5. The van der Waals surface area contributed by atoms with Crippen LogP contribution in [0.15, 0.2) is 97.1 Å². The molecular formula is C64H82N6O14. The number of carbonyl (C=O) groups is 9. The molecule has 2 N–H and O–H groups in total. The topological polar surface area (TPSA) is 237 Å². The van der Waals surface area contributed by atoms with Crippen molar-refractivity contribution in [3.05, 3.63) is 119 Å². The summed E-state index contributed by atoms with van der Waals surface area (Å²) in [5.41, 5.74) is 0.823. The number of hydrogen-bond acceptors (Lipinski definition) is 14. The molecule has 20 heteroatoms. The zero-order chi connectivity index (χ0) is 61.5. The van der Waals surface area contributed by atoms with E-state index >= 15 is 0 Å². The number of carbonyl (C=O) groups excluding carboxylic acids is 9. The van der Waals surface area contributed by atoms with Crippen LogP contribution in [0.1, 0.15) is 102 Å². The van der Waals surface area contributed by atoms with E-state index in [0.717, 1.165) is 28.0 Å². The second-order valence-electron chi connectivity index (χ2n) is 23.2. The van der Waals surface area contributed by atoms with Gasteiger partial charge < -0.3 is 53.9 Å². The zero-order valence-electron chi connectivity index (χ0n) is 50.3. The van der Waals surface area contributed by atoms with Gasteiger partial charge in [-0.1, -0.05) is 72.8 Å². The number of fused-ring (bicyclic) bond motifs is 4. The molecule has 0 spiro atoms. The lowest BCUT2D eigenvalue weighted by molar-refractivity contribution is -0.165. The molecular weight excluding hydrogens is 1080 g/mol. The maximum atomic E-state index is 14.8. The van der Waals surface area contributed by atoms with Crippen molar-refractivity contribution in [2.75, 3.05) is 67.7 Å². The van der Waals surface area contributed by atoms with Gasteiger partial charge in [-0.25, -0.2) is 9.59 Å². The van der Waals surface area contributed by atoms with Crippen molar-refractivity contribution >= 4 is 63.9 Å². The molecule has 4 aromatic rings. The van der Waals surface area contributed by atoms with Crippen LogP contribution in [0.2, 0.25) is 0 Å². The molecule has 1 fully saturated rings. The second-order valence-corrected chi connectivity index (χ2v) is 23.2. The summed E-state index contributed by atoms with van der Waals surface area (Å²) in [7, 11) is 5.95. The van der Waals surface area contributed by atoms with Crippen LogP contribution in [-0.4, -0.2) is 170 Å². The molecule has 0 aliphatic carbocycles. The summed E-state index contributed by atoms with van der Waals surface area (Å²) in [4.78, 5) is 131. The van der Waals surface area contributed by atoms with Crippen molar-refractivity contribution in [2.24, 2.45) is 5.41 Å². The van der Waals surface area contributed by atoms with Gasteiger partial charge in [-0.15, -0.1) is 0 Å². The Hall–Kier alpha value is -8.13. The smallest absolute Gasteiger partial charge is 0.330 e. The molecule has 2 aliphatic rings. The third kappa shape index (κ3) is 17.9. The maximum Gasteiger partial charge on any atom is 0.330 e. The molecule has 20 nitrogen and oxygen atoms in total. The van der Waals surface area contributed by atoms with Crippen molar-refractivity contribution in [3.8, 4) is 11.5 Å². The summed E-state index contributed by atoms with van der Waals surface area (Å²) in [6, 6.07) is 21.1. The van der Waals surface area contributed by atoms with E-state index in [2.05, 4.69) is 10.6 Å². The van der Waals surface area contributed by atoms with Gasteiger partial charge in [0, 0.05) is 46.7 Å². The summed E-state index contributed by atoms with van der Waals surface area (Å²) < 4.78 is 29.5. The van der Waals surface area contributed by atoms with Crippen LogP contribution in [0.5, 0.6) is 11.5 Å². The number of aryl methyl sites for hydroxylation is 2. The lowest BCUT2D eigenvalue weighted by Crippen LogP contribution is -2.59. The van der Waals surface area contributed by atoms with Gasteiger partial charge in [0.2, 0.25) is 29.4 Å². The highest BCUT2D eigenvalue weighted by Crippen LogP contribution is 2.32. The lowest BCUT2D eigenvalue weighted by atomic mass is 9.87. The largest absolute Gasteiger partial charge is 0.496 e. The van der Waals surface area contributed by atoms with E-state index in [1.807, 2.05) is 67.6 Å². The number of nitrogens with zero attached hydrogens (tertiary/aromatic N) is 4. The van der Waals surface area contributed by atoms with Gasteiger partial charge in [0.15, 0.2) is 6.61 Å². The van der Waals surface area contributed by atoms with E-state index in [-0.39, 0.29) is 51.1 Å². The monoisotopic (exact) mass is 1160 g/mol. The van der Waals surface area contributed by atoms with Crippen LogP contribution >= 0.6 is 0 Å². The number of esters is 2. The number of hydrogen-bond donors (Lipinski definition) is 2. The molecule has 0 saturated carbocycles. The zero-order valence-corrected chi connectivity index (χ0v) is 50.3. The number of ketones is 1. The first kappa shape index (κ1) is 65.0. The first-order chi connectivity index (χ1) is 39.8. The van der Waals surface area contributed by atoms with Crippen molar-refractivity contribution in [3.63, 3.8) is 0 Å². The average Bonchev–Trinajstić information content (AvgIpc) is 3.64. The lowest BCUT2D eigenvalue weighted by Gasteiger charge is -2.36. The van der Waals surface area contributed by atoms with Crippen molar-refractivity contribution in [2.45, 2.75) is 129 Å². The second kappa shape index (κ2) is 29.4. The van der Waals surface area contributed by atoms with Gasteiger partial charge in [0.25, 0.3) is 11.8 Å². The molecule has 2 aliphatic heterocycles. The van der Waals surface area contributed by atoms with Crippen LogP contribution in [-0.2, 0) is 70.2 Å². The minimum atomic E-state index is -1.49. The first-order valence-corrected chi connectivity index (χ1v) is 28.5. The summed E-state index contributed by atoms with van der Waals surface area (Å²) in [5.74, 6) is -5.44. The van der Waals surface area contributed by atoms with Crippen molar-refractivity contribution in [1.29, 1.82) is 0 Å². The summed E-state index contributed by atoms with van der Waals surface area (Å²) in [6.45, 7) is 10.3. The fraction of sp³-hybridized carbons (Fsp3) is 0.484. The predicted octanol–water partition coefficient (Wildman–Crippen LogP) is 6.02. The van der Waals surface area contributed by atoms with Crippen molar-refractivity contribution < 1.29 is 66.8 Å². The summed E-state index contributed by atoms with van der Waals surface area (Å²) in [6.07, 6.45) is 3.98. The quantitative estimate of drug-likeness (QED) is 0.152. The molecule has 0 radical (unpaired) electrons. The number of rotatable bonds is 8. The highest BCUT2D eigenvalue weighted by molar-refractivity contribution is 6.38. The Morgan fingerprint density at radius 1 is 0.774 bits per heavy atom. The number of benzene rings is 4. The number of likely N-dealkylation sites (N-methyl/N-ethyl adjacent to an activating group) is 3. The van der Waals surface area contributed by atoms with E-state index < -0.39 is 114 Å². The first-order valence-electron chi connectivity index (χ1n) is 28.5. The fourth-order valence-electron chi connectivity index (χ4n) is 9.65. The number of methoxy groups -OCH3 is 1. The number of piperidine rings is 1. The molecule has 4 aromatic carbocycles. The number of amides is 6.